The van der Waals surface area contributed by atoms with Gasteiger partial charge in [-0.15, -0.1) is 0 Å². The van der Waals surface area contributed by atoms with Gasteiger partial charge in [-0.25, -0.2) is 12.8 Å². The van der Waals surface area contributed by atoms with Crippen molar-refractivity contribution in [1.29, 1.82) is 0 Å². The summed E-state index contributed by atoms with van der Waals surface area (Å²) in [6.07, 6.45) is 0. The molecule has 0 aromatic heterocycles. The fourth-order valence-corrected chi connectivity index (χ4v) is 7.04. The second kappa shape index (κ2) is 6.74. The van der Waals surface area contributed by atoms with Crippen LogP contribution in [0.3, 0.4) is 0 Å². The molecule has 2 atom stereocenters. The summed E-state index contributed by atoms with van der Waals surface area (Å²) in [5.74, 6) is -1.10. The predicted molar refractivity (Wildman–Crippen MR) is 94.7 cm³/mol. The highest BCUT2D eigenvalue weighted by atomic mass is 79.9. The van der Waals surface area contributed by atoms with Crippen molar-refractivity contribution in [2.45, 2.75) is 11.3 Å². The first kappa shape index (κ1) is 17.8. The van der Waals surface area contributed by atoms with E-state index in [0.29, 0.717) is 9.64 Å². The second-order valence-corrected chi connectivity index (χ2v) is 9.76. The molecule has 0 N–H and O–H groups in total. The molecule has 2 heterocycles. The molecule has 24 heavy (non-hydrogen) atoms. The molecule has 0 unspecified atom stereocenters. The zero-order chi connectivity index (χ0) is 17.5. The van der Waals surface area contributed by atoms with E-state index in [2.05, 4.69) is 20.9 Å². The zero-order valence-corrected chi connectivity index (χ0v) is 15.8. The van der Waals surface area contributed by atoms with Crippen molar-refractivity contribution in [1.82, 2.24) is 0 Å². The van der Waals surface area contributed by atoms with Crippen molar-refractivity contribution in [3.05, 3.63) is 28.5 Å². The number of nitrogens with zero attached hydrogens (tertiary/aromatic N) is 2. The monoisotopic (exact) mass is 436 g/mol. The quantitative estimate of drug-likeness (QED) is 0.719. The Morgan fingerprint density at radius 3 is 2.92 bits per heavy atom. The average molecular weight is 437 g/mol. The molecule has 3 rings (SSSR count). The molecule has 1 aromatic carbocycles. The Balaban J connectivity index is 2.03. The van der Waals surface area contributed by atoms with Crippen molar-refractivity contribution in [3.8, 4) is 0 Å². The maximum atomic E-state index is 14.4. The van der Waals surface area contributed by atoms with Crippen LogP contribution in [0, 0.1) is 5.82 Å². The molecule has 2 fully saturated rings. The van der Waals surface area contributed by atoms with Gasteiger partial charge in [-0.3, -0.25) is 4.79 Å². The maximum absolute atomic E-state index is 14.4. The highest BCUT2D eigenvalue weighted by Crippen LogP contribution is 2.42. The van der Waals surface area contributed by atoms with E-state index in [4.69, 9.17) is 4.74 Å². The van der Waals surface area contributed by atoms with Gasteiger partial charge >= 0.3 is 0 Å². The minimum absolute atomic E-state index is 0.00549. The largest absolute Gasteiger partial charge is 0.375 e. The van der Waals surface area contributed by atoms with Crippen molar-refractivity contribution in [2.24, 2.45) is 4.99 Å². The molecule has 2 aliphatic rings. The van der Waals surface area contributed by atoms with E-state index in [0.717, 1.165) is 0 Å². The SMILES string of the molecule is COCC(=O)N=C1S[C@H]2CS(=O)(=O)C[C@H]2N1c1ccc(Br)cc1F. The van der Waals surface area contributed by atoms with Crippen molar-refractivity contribution in [2.75, 3.05) is 30.1 Å². The number of halogens is 2. The fraction of sp³-hybridized carbons (Fsp3) is 0.429. The Bertz CT molecular complexity index is 815. The number of carbonyl (C=O) groups excluding carboxylic acids is 1. The van der Waals surface area contributed by atoms with Crippen LogP contribution < -0.4 is 4.90 Å². The van der Waals surface area contributed by atoms with Crippen LogP contribution >= 0.6 is 27.7 Å². The molecule has 10 heteroatoms. The lowest BCUT2D eigenvalue weighted by Gasteiger charge is -2.25. The van der Waals surface area contributed by atoms with Gasteiger partial charge in [0.25, 0.3) is 5.91 Å². The average Bonchev–Trinajstić information content (AvgIpc) is 2.91. The van der Waals surface area contributed by atoms with Gasteiger partial charge in [-0.1, -0.05) is 27.7 Å². The maximum Gasteiger partial charge on any atom is 0.274 e. The Morgan fingerprint density at radius 2 is 2.25 bits per heavy atom. The van der Waals surface area contributed by atoms with Crippen molar-refractivity contribution < 1.29 is 22.3 Å². The van der Waals surface area contributed by atoms with Crippen LogP contribution in [0.5, 0.6) is 0 Å². The van der Waals surface area contributed by atoms with E-state index in [-0.39, 0.29) is 29.0 Å². The number of hydrogen-bond acceptors (Lipinski definition) is 5. The Kier molecular flexibility index (Phi) is 5.01. The summed E-state index contributed by atoms with van der Waals surface area (Å²) >= 11 is 4.39. The van der Waals surface area contributed by atoms with E-state index in [9.17, 15) is 17.6 Å². The fourth-order valence-electron chi connectivity index (χ4n) is 2.79. The number of fused-ring (bicyclic) bond motifs is 1. The molecule has 130 valence electrons. The number of amides is 1. The van der Waals surface area contributed by atoms with E-state index in [1.165, 1.54) is 29.8 Å². The molecular formula is C14H14BrFN2O4S2. The molecule has 0 saturated carbocycles. The van der Waals surface area contributed by atoms with Crippen molar-refractivity contribution in [3.63, 3.8) is 0 Å². The van der Waals surface area contributed by atoms with Gasteiger partial charge in [0.2, 0.25) is 0 Å². The van der Waals surface area contributed by atoms with E-state index < -0.39 is 27.6 Å². The van der Waals surface area contributed by atoms with Crippen LogP contribution in [0.1, 0.15) is 0 Å². The van der Waals surface area contributed by atoms with Gasteiger partial charge in [0, 0.05) is 16.8 Å². The van der Waals surface area contributed by atoms with Gasteiger partial charge < -0.3 is 9.64 Å². The highest BCUT2D eigenvalue weighted by molar-refractivity contribution is 9.10. The number of carbonyl (C=O) groups is 1. The second-order valence-electron chi connectivity index (χ2n) is 5.49. The van der Waals surface area contributed by atoms with Crippen LogP contribution in [0.15, 0.2) is 27.7 Å². The first-order chi connectivity index (χ1) is 11.3. The number of amidine groups is 1. The van der Waals surface area contributed by atoms with Gasteiger partial charge in [-0.2, -0.15) is 4.99 Å². The molecule has 0 aliphatic carbocycles. The van der Waals surface area contributed by atoms with Crippen molar-refractivity contribution >= 4 is 54.3 Å². The smallest absolute Gasteiger partial charge is 0.274 e. The molecule has 6 nitrogen and oxygen atoms in total. The zero-order valence-electron chi connectivity index (χ0n) is 12.6. The molecule has 2 saturated heterocycles. The first-order valence-electron chi connectivity index (χ1n) is 7.02. The topological polar surface area (TPSA) is 76.0 Å². The molecule has 1 aromatic rings. The van der Waals surface area contributed by atoms with Gasteiger partial charge in [0.15, 0.2) is 15.0 Å². The normalized spacial score (nSPS) is 26.8. The lowest BCUT2D eigenvalue weighted by atomic mass is 10.2. The standard InChI is InChI=1S/C14H14BrFN2O4S2/c1-22-5-13(19)17-14-18(10-3-2-8(15)4-9(10)16)11-6-24(20,21)7-12(11)23-14/h2-4,11-12H,5-7H2,1H3/t11-,12+/m1/s1. The first-order valence-corrected chi connectivity index (χ1v) is 10.5. The number of aliphatic imine (C=N–C) groups is 1. The minimum Gasteiger partial charge on any atom is -0.375 e. The van der Waals surface area contributed by atoms with E-state index in [1.54, 1.807) is 12.1 Å². The predicted octanol–water partition coefficient (Wildman–Crippen LogP) is 1.84. The number of sulfone groups is 1. The van der Waals surface area contributed by atoms with E-state index in [1.807, 2.05) is 0 Å². The van der Waals surface area contributed by atoms with Crippen LogP contribution in [0.2, 0.25) is 0 Å². The van der Waals surface area contributed by atoms with Crippen LogP contribution in [0.25, 0.3) is 0 Å². The highest BCUT2D eigenvalue weighted by Gasteiger charge is 2.49. The summed E-state index contributed by atoms with van der Waals surface area (Å²) in [4.78, 5) is 17.3. The molecular weight excluding hydrogens is 423 g/mol. The van der Waals surface area contributed by atoms with Gasteiger partial charge in [-0.05, 0) is 18.2 Å². The summed E-state index contributed by atoms with van der Waals surface area (Å²) in [6, 6.07) is 4.06. The summed E-state index contributed by atoms with van der Waals surface area (Å²) in [5, 5.41) is 0.0373. The molecule has 1 amide bonds. The molecule has 0 radical (unpaired) electrons. The third kappa shape index (κ3) is 3.51. The van der Waals surface area contributed by atoms with Crippen LogP contribution in [-0.2, 0) is 19.4 Å². The van der Waals surface area contributed by atoms with Gasteiger partial charge in [0.05, 0.1) is 23.2 Å². The molecule has 0 bridgehead atoms. The summed E-state index contributed by atoms with van der Waals surface area (Å²) in [6.45, 7) is -0.186. The number of methoxy groups -OCH3 is 1. The Labute approximate surface area is 151 Å². The summed E-state index contributed by atoms with van der Waals surface area (Å²) in [7, 11) is -1.81. The number of anilines is 1. The number of ether oxygens (including phenoxy) is 1. The third-order valence-corrected chi connectivity index (χ3v) is 7.43. The number of thioether (sulfide) groups is 1. The summed E-state index contributed by atoms with van der Waals surface area (Å²) < 4.78 is 43.6. The lowest BCUT2D eigenvalue weighted by Crippen LogP contribution is -2.38. The van der Waals surface area contributed by atoms with E-state index >= 15 is 0 Å². The number of benzene rings is 1. The minimum atomic E-state index is -3.19. The third-order valence-electron chi connectivity index (χ3n) is 3.72. The van der Waals surface area contributed by atoms with Crippen LogP contribution in [-0.4, -0.2) is 56.0 Å². The van der Waals surface area contributed by atoms with Crippen LogP contribution in [0.4, 0.5) is 10.1 Å². The molecule has 2 aliphatic heterocycles. The number of rotatable bonds is 3. The molecule has 0 spiro atoms. The Hall–Kier alpha value is -0.970. The Morgan fingerprint density at radius 1 is 1.50 bits per heavy atom. The lowest BCUT2D eigenvalue weighted by molar-refractivity contribution is -0.121. The number of hydrogen-bond donors (Lipinski definition) is 0. The summed E-state index contributed by atoms with van der Waals surface area (Å²) in [5.41, 5.74) is 0.208. The van der Waals surface area contributed by atoms with Gasteiger partial charge in [0.1, 0.15) is 12.4 Å².